The van der Waals surface area contributed by atoms with Crippen molar-refractivity contribution in [3.8, 4) is 11.5 Å². The summed E-state index contributed by atoms with van der Waals surface area (Å²) in [5.74, 6) is 1.21. The molecule has 2 aliphatic heterocycles. The molecule has 2 atom stereocenters. The Morgan fingerprint density at radius 1 is 0.969 bits per heavy atom. The van der Waals surface area contributed by atoms with Crippen LogP contribution in [-0.2, 0) is 0 Å². The first-order valence-corrected chi connectivity index (χ1v) is 11.8. The van der Waals surface area contributed by atoms with Crippen molar-refractivity contribution in [1.82, 2.24) is 10.2 Å². The molecule has 7 heteroatoms. The molecule has 5 rings (SSSR count). The fraction of sp³-hybridized carbons (Fsp3) is 0.320. The Bertz CT molecular complexity index is 1050. The van der Waals surface area contributed by atoms with Gasteiger partial charge < -0.3 is 19.7 Å². The number of hydrogen-bond donors (Lipinski definition) is 1. The lowest BCUT2D eigenvalue weighted by atomic mass is 10.0. The molecular weight excluding hydrogens is 422 g/mol. The Labute approximate surface area is 192 Å². The Kier molecular flexibility index (Phi) is 6.01. The molecule has 0 unspecified atom stereocenters. The van der Waals surface area contributed by atoms with Gasteiger partial charge in [0.15, 0.2) is 11.5 Å². The second-order valence-electron chi connectivity index (χ2n) is 8.15. The van der Waals surface area contributed by atoms with Gasteiger partial charge in [-0.1, -0.05) is 24.3 Å². The number of para-hydroxylation sites is 1. The van der Waals surface area contributed by atoms with Gasteiger partial charge in [-0.3, -0.25) is 9.69 Å². The lowest BCUT2D eigenvalue weighted by molar-refractivity contribution is 0.0890. The fourth-order valence-electron chi connectivity index (χ4n) is 4.51. The van der Waals surface area contributed by atoms with Crippen molar-refractivity contribution in [2.75, 3.05) is 37.9 Å². The van der Waals surface area contributed by atoms with Gasteiger partial charge in [0, 0.05) is 48.3 Å². The predicted molar refractivity (Wildman–Crippen MR) is 127 cm³/mol. The highest BCUT2D eigenvalue weighted by Gasteiger charge is 2.31. The molecule has 0 bridgehead atoms. The van der Waals surface area contributed by atoms with Crippen molar-refractivity contribution in [3.63, 3.8) is 0 Å². The first-order valence-electron chi connectivity index (χ1n) is 11.0. The van der Waals surface area contributed by atoms with E-state index in [1.807, 2.05) is 0 Å². The highest BCUT2D eigenvalue weighted by Crippen LogP contribution is 2.33. The normalized spacial score (nSPS) is 17.7. The predicted octanol–water partition coefficient (Wildman–Crippen LogP) is 4.16. The number of rotatable bonds is 6. The number of nitrogens with zero attached hydrogens (tertiary/aromatic N) is 2. The van der Waals surface area contributed by atoms with Gasteiger partial charge in [-0.2, -0.15) is 0 Å². The third-order valence-electron chi connectivity index (χ3n) is 6.13. The van der Waals surface area contributed by atoms with Crippen LogP contribution in [0.25, 0.3) is 0 Å². The van der Waals surface area contributed by atoms with Crippen LogP contribution in [0.4, 0.5) is 5.69 Å². The van der Waals surface area contributed by atoms with Crippen LogP contribution >= 0.6 is 11.3 Å². The van der Waals surface area contributed by atoms with E-state index < -0.39 is 0 Å². The minimum Gasteiger partial charge on any atom is -0.454 e. The summed E-state index contributed by atoms with van der Waals surface area (Å²) in [5, 5.41) is 5.34. The topological polar surface area (TPSA) is 54.0 Å². The number of fused-ring (bicyclic) bond motifs is 1. The molecule has 166 valence electrons. The minimum atomic E-state index is -0.0970. The van der Waals surface area contributed by atoms with Gasteiger partial charge in [0.25, 0.3) is 5.91 Å². The SMILES string of the molecule is C[C@H](NC(=O)c1ccc2c(c1)OCO2)[C@@H](c1cccs1)N1CCN(c2ccccc2)CC1. The van der Waals surface area contributed by atoms with E-state index in [1.165, 1.54) is 10.6 Å². The molecule has 3 heterocycles. The molecule has 1 aromatic heterocycles. The van der Waals surface area contributed by atoms with Crippen molar-refractivity contribution in [2.45, 2.75) is 19.0 Å². The van der Waals surface area contributed by atoms with E-state index in [1.54, 1.807) is 29.5 Å². The zero-order chi connectivity index (χ0) is 21.9. The molecule has 1 amide bonds. The summed E-state index contributed by atoms with van der Waals surface area (Å²) in [6.07, 6.45) is 0. The number of piperazine rings is 1. The smallest absolute Gasteiger partial charge is 0.251 e. The van der Waals surface area contributed by atoms with Crippen molar-refractivity contribution in [2.24, 2.45) is 0 Å². The Balaban J connectivity index is 1.29. The number of carbonyl (C=O) groups is 1. The van der Waals surface area contributed by atoms with Gasteiger partial charge in [-0.25, -0.2) is 0 Å². The molecule has 2 aromatic carbocycles. The summed E-state index contributed by atoms with van der Waals surface area (Å²) in [5.41, 5.74) is 1.85. The summed E-state index contributed by atoms with van der Waals surface area (Å²) in [6, 6.07) is 20.2. The van der Waals surface area contributed by atoms with Crippen molar-refractivity contribution >= 4 is 22.9 Å². The summed E-state index contributed by atoms with van der Waals surface area (Å²) in [6.45, 7) is 6.12. The average molecular weight is 450 g/mol. The van der Waals surface area contributed by atoms with E-state index in [-0.39, 0.29) is 24.8 Å². The Hall–Kier alpha value is -3.03. The largest absolute Gasteiger partial charge is 0.454 e. The second-order valence-corrected chi connectivity index (χ2v) is 9.13. The summed E-state index contributed by atoms with van der Waals surface area (Å²) >= 11 is 1.75. The number of nitrogens with one attached hydrogen (secondary N) is 1. The van der Waals surface area contributed by atoms with E-state index in [4.69, 9.17) is 9.47 Å². The highest BCUT2D eigenvalue weighted by molar-refractivity contribution is 7.10. The van der Waals surface area contributed by atoms with Crippen molar-refractivity contribution in [3.05, 3.63) is 76.5 Å². The van der Waals surface area contributed by atoms with E-state index >= 15 is 0 Å². The second kappa shape index (κ2) is 9.22. The van der Waals surface area contributed by atoms with Gasteiger partial charge in [0.1, 0.15) is 0 Å². The van der Waals surface area contributed by atoms with E-state index in [2.05, 4.69) is 69.9 Å². The number of ether oxygens (including phenoxy) is 2. The van der Waals surface area contributed by atoms with Crippen LogP contribution < -0.4 is 19.7 Å². The van der Waals surface area contributed by atoms with Crippen LogP contribution in [0.2, 0.25) is 0 Å². The van der Waals surface area contributed by atoms with E-state index in [9.17, 15) is 4.79 Å². The standard InChI is InChI=1S/C25H27N3O3S/c1-18(26-25(29)19-9-10-21-22(16-19)31-17-30-21)24(23-8-5-15-32-23)28-13-11-27(12-14-28)20-6-3-2-4-7-20/h2-10,15-16,18,24H,11-14,17H2,1H3,(H,26,29)/t18-,24-/m0/s1. The molecule has 0 saturated carbocycles. The Morgan fingerprint density at radius 3 is 2.50 bits per heavy atom. The minimum absolute atomic E-state index is 0.0464. The maximum atomic E-state index is 13.0. The fourth-order valence-corrected chi connectivity index (χ4v) is 5.47. The molecule has 1 fully saturated rings. The van der Waals surface area contributed by atoms with Crippen molar-refractivity contribution < 1.29 is 14.3 Å². The van der Waals surface area contributed by atoms with Crippen LogP contribution in [0.15, 0.2) is 66.0 Å². The molecule has 6 nitrogen and oxygen atoms in total. The average Bonchev–Trinajstić information content (AvgIpc) is 3.52. The number of anilines is 1. The molecule has 1 saturated heterocycles. The maximum Gasteiger partial charge on any atom is 0.251 e. The number of hydrogen-bond acceptors (Lipinski definition) is 6. The molecule has 3 aromatic rings. The summed E-state index contributed by atoms with van der Waals surface area (Å²) in [7, 11) is 0. The third kappa shape index (κ3) is 4.31. The van der Waals surface area contributed by atoms with E-state index in [0.717, 1.165) is 26.2 Å². The molecule has 32 heavy (non-hydrogen) atoms. The number of carbonyl (C=O) groups excluding carboxylic acids is 1. The molecule has 0 spiro atoms. The third-order valence-corrected chi connectivity index (χ3v) is 7.07. The summed E-state index contributed by atoms with van der Waals surface area (Å²) in [4.78, 5) is 19.2. The van der Waals surface area contributed by atoms with Crippen LogP contribution in [0.1, 0.15) is 28.2 Å². The maximum absolute atomic E-state index is 13.0. The molecule has 0 aliphatic carbocycles. The lowest BCUT2D eigenvalue weighted by Gasteiger charge is -2.42. The monoisotopic (exact) mass is 449 g/mol. The Morgan fingerprint density at radius 2 is 1.75 bits per heavy atom. The van der Waals surface area contributed by atoms with Crippen LogP contribution in [0, 0.1) is 0 Å². The molecule has 2 aliphatic rings. The van der Waals surface area contributed by atoms with Gasteiger partial charge >= 0.3 is 0 Å². The van der Waals surface area contributed by atoms with Gasteiger partial charge in [-0.05, 0) is 48.7 Å². The number of thiophene rings is 1. The lowest BCUT2D eigenvalue weighted by Crippen LogP contribution is -2.52. The van der Waals surface area contributed by atoms with Crippen LogP contribution in [-0.4, -0.2) is 49.8 Å². The molecule has 1 N–H and O–H groups in total. The molecular formula is C25H27N3O3S. The first kappa shape index (κ1) is 20.8. The van der Waals surface area contributed by atoms with Crippen LogP contribution in [0.3, 0.4) is 0 Å². The zero-order valence-corrected chi connectivity index (χ0v) is 18.9. The number of benzene rings is 2. The van der Waals surface area contributed by atoms with Crippen LogP contribution in [0.5, 0.6) is 11.5 Å². The van der Waals surface area contributed by atoms with Gasteiger partial charge in [0.05, 0.1) is 6.04 Å². The highest BCUT2D eigenvalue weighted by atomic mass is 32.1. The van der Waals surface area contributed by atoms with Gasteiger partial charge in [-0.15, -0.1) is 11.3 Å². The quantitative estimate of drug-likeness (QED) is 0.613. The van der Waals surface area contributed by atoms with Crippen molar-refractivity contribution in [1.29, 1.82) is 0 Å². The summed E-state index contributed by atoms with van der Waals surface area (Å²) < 4.78 is 10.8. The zero-order valence-electron chi connectivity index (χ0n) is 18.1. The van der Waals surface area contributed by atoms with E-state index in [0.29, 0.717) is 17.1 Å². The number of amides is 1. The first-order chi connectivity index (χ1) is 15.7. The van der Waals surface area contributed by atoms with Gasteiger partial charge in [0.2, 0.25) is 6.79 Å². The molecule has 0 radical (unpaired) electrons.